The van der Waals surface area contributed by atoms with Crippen molar-refractivity contribution in [3.05, 3.63) is 54.6 Å². The maximum Gasteiger partial charge on any atom is 0.241 e. The Kier molecular flexibility index (Phi) is 2.58. The van der Waals surface area contributed by atoms with Gasteiger partial charge in [-0.05, 0) is 19.4 Å². The monoisotopic (exact) mass is 201 g/mol. The van der Waals surface area contributed by atoms with Crippen molar-refractivity contribution < 1.29 is 4.57 Å². The van der Waals surface area contributed by atoms with Crippen LogP contribution in [0, 0.1) is 0 Å². The van der Waals surface area contributed by atoms with Crippen molar-refractivity contribution in [1.29, 1.82) is 0 Å². The van der Waals surface area contributed by atoms with Gasteiger partial charge in [0.15, 0.2) is 0 Å². The van der Waals surface area contributed by atoms with Gasteiger partial charge in [-0.25, -0.2) is 4.57 Å². The molecule has 0 saturated heterocycles. The predicted octanol–water partition coefficient (Wildman–Crippen LogP) is 2.28. The van der Waals surface area contributed by atoms with E-state index in [1.165, 1.54) is 5.56 Å². The molecule has 1 N–H and O–H groups in total. The maximum absolute atomic E-state index is 3.08. The Morgan fingerprint density at radius 3 is 2.53 bits per heavy atom. The van der Waals surface area contributed by atoms with Gasteiger partial charge in [-0.15, -0.1) is 0 Å². The molecule has 0 atom stereocenters. The summed E-state index contributed by atoms with van der Waals surface area (Å²) in [6.07, 6.45) is 7.06. The summed E-state index contributed by atoms with van der Waals surface area (Å²) in [6, 6.07) is 10.6. The molecule has 2 aromatic rings. The molecule has 0 bridgehead atoms. The van der Waals surface area contributed by atoms with Crippen LogP contribution in [-0.2, 0) is 12.0 Å². The summed E-state index contributed by atoms with van der Waals surface area (Å²) in [7, 11) is 0. The van der Waals surface area contributed by atoms with E-state index in [1.54, 1.807) is 0 Å². The van der Waals surface area contributed by atoms with Crippen molar-refractivity contribution in [3.8, 4) is 0 Å². The average molecular weight is 201 g/mol. The number of H-pyrrole nitrogens is 1. The van der Waals surface area contributed by atoms with Crippen LogP contribution in [0.3, 0.4) is 0 Å². The van der Waals surface area contributed by atoms with Crippen LogP contribution in [0.2, 0.25) is 0 Å². The van der Waals surface area contributed by atoms with E-state index >= 15 is 0 Å². The lowest BCUT2D eigenvalue weighted by Gasteiger charge is -2.21. The number of aromatic amines is 1. The lowest BCUT2D eigenvalue weighted by molar-refractivity contribution is -0.756. The van der Waals surface area contributed by atoms with Crippen molar-refractivity contribution >= 4 is 0 Å². The topological polar surface area (TPSA) is 19.7 Å². The van der Waals surface area contributed by atoms with Crippen LogP contribution in [0.4, 0.5) is 0 Å². The highest BCUT2D eigenvalue weighted by Gasteiger charge is 2.24. The zero-order chi connectivity index (χ0) is 10.7. The van der Waals surface area contributed by atoms with E-state index in [2.05, 4.69) is 59.9 Å². The lowest BCUT2D eigenvalue weighted by atomic mass is 9.95. The third kappa shape index (κ3) is 2.27. The normalized spacial score (nSPS) is 11.6. The molecule has 0 unspecified atom stereocenters. The van der Waals surface area contributed by atoms with Gasteiger partial charge in [-0.1, -0.05) is 30.3 Å². The second kappa shape index (κ2) is 3.89. The Labute approximate surface area is 90.6 Å². The summed E-state index contributed by atoms with van der Waals surface area (Å²) in [6.45, 7) is 4.49. The molecule has 1 aromatic carbocycles. The first kappa shape index (κ1) is 9.97. The molecule has 2 heteroatoms. The predicted molar refractivity (Wildman–Crippen MR) is 60.5 cm³/mol. The van der Waals surface area contributed by atoms with Crippen LogP contribution in [0.25, 0.3) is 0 Å². The fourth-order valence-electron chi connectivity index (χ4n) is 1.85. The fourth-order valence-corrected chi connectivity index (χ4v) is 1.85. The molecular weight excluding hydrogens is 184 g/mol. The van der Waals surface area contributed by atoms with Gasteiger partial charge in [0, 0.05) is 6.42 Å². The van der Waals surface area contributed by atoms with E-state index in [0.717, 1.165) is 6.42 Å². The van der Waals surface area contributed by atoms with Crippen molar-refractivity contribution in [3.63, 3.8) is 0 Å². The number of nitrogens with one attached hydrogen (secondary N) is 1. The third-order valence-electron chi connectivity index (χ3n) is 2.72. The van der Waals surface area contributed by atoms with Crippen LogP contribution >= 0.6 is 0 Å². The van der Waals surface area contributed by atoms with Gasteiger partial charge in [0.2, 0.25) is 6.33 Å². The average Bonchev–Trinajstić information content (AvgIpc) is 2.71. The van der Waals surface area contributed by atoms with Gasteiger partial charge >= 0.3 is 0 Å². The van der Waals surface area contributed by atoms with Gasteiger partial charge in [0.05, 0.1) is 0 Å². The molecule has 2 rings (SSSR count). The van der Waals surface area contributed by atoms with Crippen molar-refractivity contribution in [2.24, 2.45) is 0 Å². The summed E-state index contributed by atoms with van der Waals surface area (Å²) in [5, 5.41) is 0. The SMILES string of the molecule is CC(C)(Cc1ccccc1)[n+]1cc[nH]c1. The molecule has 0 aliphatic heterocycles. The number of hydrogen-bond acceptors (Lipinski definition) is 0. The highest BCUT2D eigenvalue weighted by molar-refractivity contribution is 5.15. The second-order valence-electron chi connectivity index (χ2n) is 4.49. The first-order valence-corrected chi connectivity index (χ1v) is 5.27. The minimum atomic E-state index is 0.112. The standard InChI is InChI=1S/C13H16N2/c1-13(2,15-9-8-14-11-15)10-12-6-4-3-5-7-12/h3-9,11H,10H2,1-2H3/p+1. The molecule has 2 nitrogen and oxygen atoms in total. The molecule has 0 spiro atoms. The molecule has 1 heterocycles. The number of hydrogen-bond donors (Lipinski definition) is 1. The highest BCUT2D eigenvalue weighted by atomic mass is 15.1. The number of aromatic nitrogens is 2. The fraction of sp³-hybridized carbons (Fsp3) is 0.308. The van der Waals surface area contributed by atoms with Gasteiger partial charge in [-0.3, -0.25) is 4.98 Å². The first-order valence-electron chi connectivity index (χ1n) is 5.27. The van der Waals surface area contributed by atoms with Crippen molar-refractivity contribution in [2.75, 3.05) is 0 Å². The van der Waals surface area contributed by atoms with Crippen molar-refractivity contribution in [2.45, 2.75) is 25.8 Å². The van der Waals surface area contributed by atoms with Crippen molar-refractivity contribution in [1.82, 2.24) is 4.98 Å². The lowest BCUT2D eigenvalue weighted by Crippen LogP contribution is -2.52. The molecule has 78 valence electrons. The van der Waals surface area contributed by atoms with Gasteiger partial charge in [0.1, 0.15) is 17.9 Å². The molecular formula is C13H17N2+. The summed E-state index contributed by atoms with van der Waals surface area (Å²) in [5.74, 6) is 0. The Balaban J connectivity index is 2.18. The quantitative estimate of drug-likeness (QED) is 0.735. The van der Waals surface area contributed by atoms with Crippen LogP contribution in [0.15, 0.2) is 49.1 Å². The molecule has 0 saturated carbocycles. The smallest absolute Gasteiger partial charge is 0.241 e. The summed E-state index contributed by atoms with van der Waals surface area (Å²) >= 11 is 0. The minimum Gasteiger partial charge on any atom is -0.250 e. The first-order chi connectivity index (χ1) is 7.18. The van der Waals surface area contributed by atoms with E-state index in [9.17, 15) is 0 Å². The largest absolute Gasteiger partial charge is 0.250 e. The molecule has 15 heavy (non-hydrogen) atoms. The zero-order valence-electron chi connectivity index (χ0n) is 9.27. The number of nitrogens with zero attached hydrogens (tertiary/aromatic N) is 1. The summed E-state index contributed by atoms with van der Waals surface area (Å²) in [5.41, 5.74) is 1.48. The number of benzene rings is 1. The molecule has 1 aromatic heterocycles. The Hall–Kier alpha value is -1.57. The van der Waals surface area contributed by atoms with Crippen LogP contribution in [0.5, 0.6) is 0 Å². The van der Waals surface area contributed by atoms with Crippen LogP contribution < -0.4 is 4.57 Å². The summed E-state index contributed by atoms with van der Waals surface area (Å²) < 4.78 is 2.21. The Bertz CT molecular complexity index is 401. The molecule has 0 aliphatic carbocycles. The van der Waals surface area contributed by atoms with E-state index in [1.807, 2.05) is 12.5 Å². The van der Waals surface area contributed by atoms with Crippen LogP contribution in [0.1, 0.15) is 19.4 Å². The Morgan fingerprint density at radius 2 is 1.93 bits per heavy atom. The second-order valence-corrected chi connectivity index (χ2v) is 4.49. The summed E-state index contributed by atoms with van der Waals surface area (Å²) in [4.78, 5) is 3.08. The minimum absolute atomic E-state index is 0.112. The third-order valence-corrected chi connectivity index (χ3v) is 2.72. The number of imidazole rings is 1. The van der Waals surface area contributed by atoms with E-state index in [4.69, 9.17) is 0 Å². The zero-order valence-corrected chi connectivity index (χ0v) is 9.27. The molecule has 0 amide bonds. The van der Waals surface area contributed by atoms with Gasteiger partial charge in [-0.2, -0.15) is 0 Å². The van der Waals surface area contributed by atoms with Gasteiger partial charge in [0.25, 0.3) is 0 Å². The Morgan fingerprint density at radius 1 is 1.20 bits per heavy atom. The van der Waals surface area contributed by atoms with E-state index in [-0.39, 0.29) is 5.54 Å². The van der Waals surface area contributed by atoms with Gasteiger partial charge < -0.3 is 0 Å². The highest BCUT2D eigenvalue weighted by Crippen LogP contribution is 2.14. The van der Waals surface area contributed by atoms with E-state index < -0.39 is 0 Å². The molecule has 0 aliphatic rings. The van der Waals surface area contributed by atoms with E-state index in [0.29, 0.717) is 0 Å². The maximum atomic E-state index is 3.08. The van der Waals surface area contributed by atoms with Crippen LogP contribution in [-0.4, -0.2) is 4.98 Å². The number of rotatable bonds is 3. The molecule has 0 fully saturated rings. The molecule has 0 radical (unpaired) electrons.